The van der Waals surface area contributed by atoms with E-state index in [2.05, 4.69) is 6.92 Å². The van der Waals surface area contributed by atoms with Gasteiger partial charge in [-0.15, -0.1) is 0 Å². The molecular formula is C21H36O4. The van der Waals surface area contributed by atoms with Crippen LogP contribution in [0.4, 0.5) is 0 Å². The van der Waals surface area contributed by atoms with E-state index in [4.69, 9.17) is 4.74 Å². The molecule has 0 aliphatic rings. The molecule has 1 rings (SSSR count). The molecule has 144 valence electrons. The topological polar surface area (TPSA) is 69.9 Å². The summed E-state index contributed by atoms with van der Waals surface area (Å²) in [6.45, 7) is 2.22. The molecule has 25 heavy (non-hydrogen) atoms. The average molecular weight is 353 g/mol. The van der Waals surface area contributed by atoms with Crippen LogP contribution in [0.25, 0.3) is 0 Å². The van der Waals surface area contributed by atoms with Crippen LogP contribution >= 0.6 is 0 Å². The summed E-state index contributed by atoms with van der Waals surface area (Å²) in [5.74, 6) is 0.572. The van der Waals surface area contributed by atoms with Crippen molar-refractivity contribution in [3.63, 3.8) is 0 Å². The van der Waals surface area contributed by atoms with Gasteiger partial charge in [0.1, 0.15) is 0 Å². The highest BCUT2D eigenvalue weighted by Crippen LogP contribution is 2.27. The molecule has 0 amide bonds. The molecule has 1 aromatic rings. The molecule has 0 spiro atoms. The number of phenolic OH excluding ortho intramolecular Hbond substituents is 1. The molecule has 0 bridgehead atoms. The SMILES string of the molecule is CCCCCCCCC[C@H](O)C[C@@H](O)CCc1ccc(O)c(OC)c1. The molecule has 4 nitrogen and oxygen atoms in total. The van der Waals surface area contributed by atoms with Crippen molar-refractivity contribution in [1.29, 1.82) is 0 Å². The first-order valence-electron chi connectivity index (χ1n) is 9.78. The van der Waals surface area contributed by atoms with Crippen LogP contribution in [0.3, 0.4) is 0 Å². The molecule has 0 heterocycles. The number of hydrogen-bond acceptors (Lipinski definition) is 4. The number of aryl methyl sites for hydroxylation is 1. The third-order valence-corrected chi connectivity index (χ3v) is 4.70. The maximum Gasteiger partial charge on any atom is 0.160 e. The van der Waals surface area contributed by atoms with E-state index in [1.165, 1.54) is 45.6 Å². The van der Waals surface area contributed by atoms with Crippen molar-refractivity contribution in [2.45, 2.75) is 89.8 Å². The van der Waals surface area contributed by atoms with Crippen molar-refractivity contribution >= 4 is 0 Å². The third-order valence-electron chi connectivity index (χ3n) is 4.70. The summed E-state index contributed by atoms with van der Waals surface area (Å²) in [7, 11) is 1.52. The first-order valence-corrected chi connectivity index (χ1v) is 9.78. The van der Waals surface area contributed by atoms with Crippen LogP contribution in [-0.4, -0.2) is 34.6 Å². The van der Waals surface area contributed by atoms with Crippen LogP contribution in [0.2, 0.25) is 0 Å². The summed E-state index contributed by atoms with van der Waals surface area (Å²) < 4.78 is 5.09. The molecule has 0 saturated carbocycles. The van der Waals surface area contributed by atoms with E-state index >= 15 is 0 Å². The number of phenols is 1. The van der Waals surface area contributed by atoms with Crippen LogP contribution in [0.1, 0.15) is 76.7 Å². The molecule has 0 radical (unpaired) electrons. The number of aliphatic hydroxyl groups is 2. The highest BCUT2D eigenvalue weighted by Gasteiger charge is 2.12. The van der Waals surface area contributed by atoms with Gasteiger partial charge in [-0.1, -0.05) is 57.9 Å². The highest BCUT2D eigenvalue weighted by atomic mass is 16.5. The zero-order valence-corrected chi connectivity index (χ0v) is 15.9. The first kappa shape index (κ1) is 21.8. The van der Waals surface area contributed by atoms with E-state index < -0.39 is 12.2 Å². The summed E-state index contributed by atoms with van der Waals surface area (Å²) in [5.41, 5.74) is 1.01. The number of aromatic hydroxyl groups is 1. The summed E-state index contributed by atoms with van der Waals surface area (Å²) in [6.07, 6.45) is 10.3. The van der Waals surface area contributed by atoms with E-state index in [-0.39, 0.29) is 5.75 Å². The van der Waals surface area contributed by atoms with Gasteiger partial charge in [-0.2, -0.15) is 0 Å². The lowest BCUT2D eigenvalue weighted by Crippen LogP contribution is -2.18. The van der Waals surface area contributed by atoms with Crippen molar-refractivity contribution in [3.05, 3.63) is 23.8 Å². The lowest BCUT2D eigenvalue weighted by atomic mass is 9.99. The number of aliphatic hydroxyl groups excluding tert-OH is 2. The van der Waals surface area contributed by atoms with Crippen LogP contribution in [0.15, 0.2) is 18.2 Å². The zero-order valence-electron chi connectivity index (χ0n) is 15.9. The predicted molar refractivity (Wildman–Crippen MR) is 102 cm³/mol. The van der Waals surface area contributed by atoms with Crippen LogP contribution in [0, 0.1) is 0 Å². The second-order valence-electron chi connectivity index (χ2n) is 7.00. The second-order valence-corrected chi connectivity index (χ2v) is 7.00. The largest absolute Gasteiger partial charge is 0.504 e. The Hall–Kier alpha value is -1.26. The van der Waals surface area contributed by atoms with Gasteiger partial charge >= 0.3 is 0 Å². The van der Waals surface area contributed by atoms with E-state index in [1.807, 2.05) is 6.07 Å². The first-order chi connectivity index (χ1) is 12.1. The van der Waals surface area contributed by atoms with E-state index in [1.54, 1.807) is 12.1 Å². The molecule has 4 heteroatoms. The maximum absolute atomic E-state index is 10.1. The zero-order chi connectivity index (χ0) is 18.5. The number of rotatable bonds is 14. The van der Waals surface area contributed by atoms with E-state index in [9.17, 15) is 15.3 Å². The summed E-state index contributed by atoms with van der Waals surface area (Å²) in [6, 6.07) is 5.23. The van der Waals surface area contributed by atoms with E-state index in [0.717, 1.165) is 18.4 Å². The average Bonchev–Trinajstić information content (AvgIpc) is 2.60. The van der Waals surface area contributed by atoms with Crippen molar-refractivity contribution in [2.75, 3.05) is 7.11 Å². The lowest BCUT2D eigenvalue weighted by molar-refractivity contribution is 0.0697. The molecule has 3 N–H and O–H groups in total. The normalized spacial score (nSPS) is 13.6. The van der Waals surface area contributed by atoms with Gasteiger partial charge in [0.15, 0.2) is 11.5 Å². The Labute approximate surface area is 152 Å². The predicted octanol–water partition coefficient (Wildman–Crippen LogP) is 4.59. The fourth-order valence-corrected chi connectivity index (χ4v) is 3.10. The van der Waals surface area contributed by atoms with Crippen molar-refractivity contribution < 1.29 is 20.1 Å². The van der Waals surface area contributed by atoms with E-state index in [0.29, 0.717) is 25.0 Å². The van der Waals surface area contributed by atoms with Crippen LogP contribution in [-0.2, 0) is 6.42 Å². The van der Waals surface area contributed by atoms with Gasteiger partial charge in [0.05, 0.1) is 19.3 Å². The van der Waals surface area contributed by atoms with Gasteiger partial charge in [0, 0.05) is 0 Å². The Kier molecular flexibility index (Phi) is 11.3. The summed E-state index contributed by atoms with van der Waals surface area (Å²) >= 11 is 0. The quantitative estimate of drug-likeness (QED) is 0.428. The number of ether oxygens (including phenoxy) is 1. The Morgan fingerprint density at radius 3 is 2.24 bits per heavy atom. The number of hydrogen-bond donors (Lipinski definition) is 3. The van der Waals surface area contributed by atoms with Gasteiger partial charge in [-0.25, -0.2) is 0 Å². The van der Waals surface area contributed by atoms with Gasteiger partial charge in [-0.3, -0.25) is 0 Å². The van der Waals surface area contributed by atoms with Crippen molar-refractivity contribution in [1.82, 2.24) is 0 Å². The van der Waals surface area contributed by atoms with Gasteiger partial charge in [0.25, 0.3) is 0 Å². The van der Waals surface area contributed by atoms with Crippen molar-refractivity contribution in [2.24, 2.45) is 0 Å². The maximum atomic E-state index is 10.1. The van der Waals surface area contributed by atoms with Crippen LogP contribution < -0.4 is 4.74 Å². The van der Waals surface area contributed by atoms with Gasteiger partial charge in [-0.05, 0) is 43.4 Å². The summed E-state index contributed by atoms with van der Waals surface area (Å²) in [5, 5.41) is 29.8. The molecule has 0 aliphatic heterocycles. The molecule has 0 aliphatic carbocycles. The lowest BCUT2D eigenvalue weighted by Gasteiger charge is -2.16. The Balaban J connectivity index is 2.15. The molecule has 2 atom stereocenters. The second kappa shape index (κ2) is 13.0. The monoisotopic (exact) mass is 352 g/mol. The minimum Gasteiger partial charge on any atom is -0.504 e. The van der Waals surface area contributed by atoms with Crippen LogP contribution in [0.5, 0.6) is 11.5 Å². The molecule has 0 saturated heterocycles. The minimum atomic E-state index is -0.501. The highest BCUT2D eigenvalue weighted by molar-refractivity contribution is 5.41. The van der Waals surface area contributed by atoms with Gasteiger partial charge in [0.2, 0.25) is 0 Å². The standard InChI is InChI=1S/C21H36O4/c1-3-4-5-6-7-8-9-10-18(22)16-19(23)13-11-17-12-14-20(24)21(15-17)25-2/h12,14-15,18-19,22-24H,3-11,13,16H2,1-2H3/t18-,19-/m0/s1. The number of unbranched alkanes of at least 4 members (excludes halogenated alkanes) is 6. The fraction of sp³-hybridized carbons (Fsp3) is 0.714. The Morgan fingerprint density at radius 2 is 1.56 bits per heavy atom. The molecular weight excluding hydrogens is 316 g/mol. The van der Waals surface area contributed by atoms with Crippen molar-refractivity contribution in [3.8, 4) is 11.5 Å². The molecule has 1 aromatic carbocycles. The number of benzene rings is 1. The fourth-order valence-electron chi connectivity index (χ4n) is 3.10. The number of methoxy groups -OCH3 is 1. The Morgan fingerprint density at radius 1 is 0.920 bits per heavy atom. The molecule has 0 unspecified atom stereocenters. The Bertz CT molecular complexity index is 461. The molecule has 0 fully saturated rings. The smallest absolute Gasteiger partial charge is 0.160 e. The summed E-state index contributed by atoms with van der Waals surface area (Å²) in [4.78, 5) is 0. The van der Waals surface area contributed by atoms with Gasteiger partial charge < -0.3 is 20.1 Å². The molecule has 0 aromatic heterocycles. The third kappa shape index (κ3) is 9.71. The minimum absolute atomic E-state index is 0.122.